The van der Waals surface area contributed by atoms with Gasteiger partial charge in [0.1, 0.15) is 10.8 Å². The lowest BCUT2D eigenvalue weighted by Crippen LogP contribution is -2.26. The van der Waals surface area contributed by atoms with Gasteiger partial charge in [-0.15, -0.1) is 11.3 Å². The summed E-state index contributed by atoms with van der Waals surface area (Å²) in [6.07, 6.45) is 0.862. The van der Waals surface area contributed by atoms with Crippen LogP contribution in [0.1, 0.15) is 19.5 Å². The Balaban J connectivity index is 2.18. The molecule has 2 nitrogen and oxygen atoms in total. The molecule has 0 radical (unpaired) electrons. The SMILES string of the molecule is CC(C)(CN)Cc1csc(-c2ccc(F)cc2)n1. The van der Waals surface area contributed by atoms with Crippen LogP contribution in [0.15, 0.2) is 29.6 Å². The Morgan fingerprint density at radius 2 is 1.94 bits per heavy atom. The van der Waals surface area contributed by atoms with Crippen LogP contribution in [0.2, 0.25) is 0 Å². The Kier molecular flexibility index (Phi) is 3.78. The third kappa shape index (κ3) is 3.15. The van der Waals surface area contributed by atoms with Crippen LogP contribution in [0.25, 0.3) is 10.6 Å². The van der Waals surface area contributed by atoms with Gasteiger partial charge in [-0.05, 0) is 42.6 Å². The number of rotatable bonds is 4. The average molecular weight is 264 g/mol. The van der Waals surface area contributed by atoms with Gasteiger partial charge in [-0.1, -0.05) is 13.8 Å². The molecule has 0 amide bonds. The Morgan fingerprint density at radius 1 is 1.28 bits per heavy atom. The predicted molar refractivity (Wildman–Crippen MR) is 74.0 cm³/mol. The van der Waals surface area contributed by atoms with E-state index in [1.807, 2.05) is 0 Å². The summed E-state index contributed by atoms with van der Waals surface area (Å²) >= 11 is 1.59. The van der Waals surface area contributed by atoms with E-state index in [0.29, 0.717) is 6.54 Å². The summed E-state index contributed by atoms with van der Waals surface area (Å²) < 4.78 is 12.8. The third-order valence-electron chi connectivity index (χ3n) is 2.86. The lowest BCUT2D eigenvalue weighted by Gasteiger charge is -2.20. The summed E-state index contributed by atoms with van der Waals surface area (Å²) in [7, 11) is 0. The first-order chi connectivity index (χ1) is 8.50. The van der Waals surface area contributed by atoms with Gasteiger partial charge in [0.15, 0.2) is 0 Å². The summed E-state index contributed by atoms with van der Waals surface area (Å²) in [6.45, 7) is 4.89. The zero-order valence-electron chi connectivity index (χ0n) is 10.6. The van der Waals surface area contributed by atoms with Gasteiger partial charge in [0.25, 0.3) is 0 Å². The molecule has 96 valence electrons. The van der Waals surface area contributed by atoms with Crippen molar-refractivity contribution in [1.29, 1.82) is 0 Å². The minimum Gasteiger partial charge on any atom is -0.330 e. The van der Waals surface area contributed by atoms with E-state index in [4.69, 9.17) is 5.73 Å². The monoisotopic (exact) mass is 264 g/mol. The molecule has 0 fully saturated rings. The van der Waals surface area contributed by atoms with Crippen molar-refractivity contribution in [2.45, 2.75) is 20.3 Å². The maximum atomic E-state index is 12.8. The molecule has 18 heavy (non-hydrogen) atoms. The molecule has 1 aromatic heterocycles. The average Bonchev–Trinajstić information content (AvgIpc) is 2.78. The van der Waals surface area contributed by atoms with E-state index in [0.717, 1.165) is 22.7 Å². The minimum absolute atomic E-state index is 0.0636. The number of aromatic nitrogens is 1. The molecule has 0 aliphatic heterocycles. The maximum Gasteiger partial charge on any atom is 0.123 e. The summed E-state index contributed by atoms with van der Waals surface area (Å²) in [5.41, 5.74) is 7.79. The van der Waals surface area contributed by atoms with Crippen LogP contribution in [-0.2, 0) is 6.42 Å². The fraction of sp³-hybridized carbons (Fsp3) is 0.357. The third-order valence-corrected chi connectivity index (χ3v) is 3.80. The Bertz CT molecular complexity index is 517. The Hall–Kier alpha value is -1.26. The fourth-order valence-electron chi connectivity index (χ4n) is 1.68. The van der Waals surface area contributed by atoms with Gasteiger partial charge >= 0.3 is 0 Å². The number of halogens is 1. The lowest BCUT2D eigenvalue weighted by molar-refractivity contribution is 0.373. The van der Waals surface area contributed by atoms with Gasteiger partial charge < -0.3 is 5.73 Å². The van der Waals surface area contributed by atoms with Gasteiger partial charge in [-0.25, -0.2) is 9.37 Å². The van der Waals surface area contributed by atoms with Crippen molar-refractivity contribution in [1.82, 2.24) is 4.98 Å². The van der Waals surface area contributed by atoms with Crippen LogP contribution in [0.3, 0.4) is 0 Å². The minimum atomic E-state index is -0.222. The highest BCUT2D eigenvalue weighted by atomic mass is 32.1. The molecular weight excluding hydrogens is 247 g/mol. The highest BCUT2D eigenvalue weighted by Crippen LogP contribution is 2.27. The molecule has 2 N–H and O–H groups in total. The van der Waals surface area contributed by atoms with Gasteiger partial charge in [0, 0.05) is 10.9 Å². The van der Waals surface area contributed by atoms with Crippen molar-refractivity contribution < 1.29 is 4.39 Å². The quantitative estimate of drug-likeness (QED) is 0.918. The number of hydrogen-bond acceptors (Lipinski definition) is 3. The normalized spacial score (nSPS) is 11.8. The molecule has 0 aliphatic carbocycles. The predicted octanol–water partition coefficient (Wildman–Crippen LogP) is 3.48. The largest absolute Gasteiger partial charge is 0.330 e. The van der Waals surface area contributed by atoms with Gasteiger partial charge in [-0.2, -0.15) is 0 Å². The van der Waals surface area contributed by atoms with Crippen LogP contribution >= 0.6 is 11.3 Å². The van der Waals surface area contributed by atoms with E-state index >= 15 is 0 Å². The number of thiazole rings is 1. The van der Waals surface area contributed by atoms with Crippen molar-refractivity contribution in [2.24, 2.45) is 11.1 Å². The zero-order chi connectivity index (χ0) is 13.2. The lowest BCUT2D eigenvalue weighted by atomic mass is 9.88. The van der Waals surface area contributed by atoms with E-state index in [1.54, 1.807) is 23.5 Å². The molecule has 2 aromatic rings. The number of benzene rings is 1. The van der Waals surface area contributed by atoms with Gasteiger partial charge in [-0.3, -0.25) is 0 Å². The summed E-state index contributed by atoms with van der Waals surface area (Å²) in [5, 5.41) is 2.98. The fourth-order valence-corrected chi connectivity index (χ4v) is 2.50. The molecule has 4 heteroatoms. The van der Waals surface area contributed by atoms with Crippen molar-refractivity contribution in [3.8, 4) is 10.6 Å². The topological polar surface area (TPSA) is 38.9 Å². The summed E-state index contributed by atoms with van der Waals surface area (Å²) in [6, 6.07) is 6.43. The molecule has 0 bridgehead atoms. The Morgan fingerprint density at radius 3 is 2.56 bits per heavy atom. The van der Waals surface area contributed by atoms with Crippen molar-refractivity contribution in [3.05, 3.63) is 41.2 Å². The number of hydrogen-bond donors (Lipinski definition) is 1. The van der Waals surface area contributed by atoms with Gasteiger partial charge in [0.2, 0.25) is 0 Å². The first-order valence-corrected chi connectivity index (χ1v) is 6.78. The van der Waals surface area contributed by atoms with Crippen LogP contribution in [-0.4, -0.2) is 11.5 Å². The van der Waals surface area contributed by atoms with Crippen LogP contribution in [0.4, 0.5) is 4.39 Å². The van der Waals surface area contributed by atoms with Crippen LogP contribution < -0.4 is 5.73 Å². The molecule has 0 saturated heterocycles. The highest BCUT2D eigenvalue weighted by molar-refractivity contribution is 7.13. The number of nitrogens with two attached hydrogens (primary N) is 1. The summed E-state index contributed by atoms with van der Waals surface area (Å²) in [4.78, 5) is 4.58. The first kappa shape index (κ1) is 13.2. The van der Waals surface area contributed by atoms with Crippen LogP contribution in [0, 0.1) is 11.2 Å². The van der Waals surface area contributed by atoms with Crippen molar-refractivity contribution in [2.75, 3.05) is 6.54 Å². The molecule has 1 heterocycles. The second-order valence-corrected chi connectivity index (χ2v) is 6.05. The van der Waals surface area contributed by atoms with E-state index < -0.39 is 0 Å². The molecule has 0 spiro atoms. The second kappa shape index (κ2) is 5.16. The van der Waals surface area contributed by atoms with Crippen molar-refractivity contribution in [3.63, 3.8) is 0 Å². The van der Waals surface area contributed by atoms with E-state index in [-0.39, 0.29) is 11.2 Å². The van der Waals surface area contributed by atoms with E-state index in [1.165, 1.54) is 12.1 Å². The van der Waals surface area contributed by atoms with E-state index in [2.05, 4.69) is 24.2 Å². The molecule has 1 aromatic carbocycles. The summed E-state index contributed by atoms with van der Waals surface area (Å²) in [5.74, 6) is -0.222. The van der Waals surface area contributed by atoms with E-state index in [9.17, 15) is 4.39 Å². The van der Waals surface area contributed by atoms with Crippen molar-refractivity contribution >= 4 is 11.3 Å². The second-order valence-electron chi connectivity index (χ2n) is 5.20. The molecule has 2 rings (SSSR count). The number of nitrogens with zero attached hydrogens (tertiary/aromatic N) is 1. The molecule has 0 saturated carbocycles. The Labute approximate surface area is 111 Å². The zero-order valence-corrected chi connectivity index (χ0v) is 11.4. The van der Waals surface area contributed by atoms with Crippen LogP contribution in [0.5, 0.6) is 0 Å². The first-order valence-electron chi connectivity index (χ1n) is 5.90. The molecule has 0 aliphatic rings. The highest BCUT2D eigenvalue weighted by Gasteiger charge is 2.18. The van der Waals surface area contributed by atoms with Gasteiger partial charge in [0.05, 0.1) is 5.69 Å². The molecule has 0 unspecified atom stereocenters. The molecular formula is C14H17FN2S. The maximum absolute atomic E-state index is 12.8. The standard InChI is InChI=1S/C14H17FN2S/c1-14(2,9-16)7-12-8-18-13(17-12)10-3-5-11(15)6-4-10/h3-6,8H,7,9,16H2,1-2H3. The molecule has 0 atom stereocenters. The smallest absolute Gasteiger partial charge is 0.123 e.